The van der Waals surface area contributed by atoms with Crippen molar-refractivity contribution >= 4 is 0 Å². The zero-order valence-electron chi connectivity index (χ0n) is 14.7. The molecule has 2 N–H and O–H groups in total. The summed E-state index contributed by atoms with van der Waals surface area (Å²) in [5.41, 5.74) is 4.61. The monoisotopic (exact) mass is 332 g/mol. The lowest BCUT2D eigenvalue weighted by molar-refractivity contribution is 0.472. The number of hydrogen-bond donors (Lipinski definition) is 2. The topological polar surface area (TPSA) is 40.5 Å². The first-order valence-electron chi connectivity index (χ1n) is 8.72. The van der Waals surface area contributed by atoms with E-state index in [2.05, 4.69) is 38.1 Å². The summed E-state index contributed by atoms with van der Waals surface area (Å²) < 4.78 is 0. The third-order valence-corrected chi connectivity index (χ3v) is 4.98. The van der Waals surface area contributed by atoms with Crippen molar-refractivity contribution in [2.45, 2.75) is 32.1 Å². The first-order chi connectivity index (χ1) is 12.0. The summed E-state index contributed by atoms with van der Waals surface area (Å²) in [5.74, 6) is 0.577. The highest BCUT2D eigenvalue weighted by Crippen LogP contribution is 2.38. The van der Waals surface area contributed by atoms with E-state index in [-0.39, 0.29) is 11.2 Å². The Hall–Kier alpha value is -2.74. The van der Waals surface area contributed by atoms with Gasteiger partial charge in [-0.1, -0.05) is 68.8 Å². The SMILES string of the molecule is CCCC(C)(c1ccc(O)cc1)c1ccc(-c2ccc(O)cc2)cc1. The molecule has 25 heavy (non-hydrogen) atoms. The highest BCUT2D eigenvalue weighted by molar-refractivity contribution is 5.65. The third kappa shape index (κ3) is 3.53. The minimum Gasteiger partial charge on any atom is -0.508 e. The van der Waals surface area contributed by atoms with E-state index in [4.69, 9.17) is 0 Å². The highest BCUT2D eigenvalue weighted by Gasteiger charge is 2.27. The molecule has 0 spiro atoms. The Morgan fingerprint density at radius 1 is 0.640 bits per heavy atom. The lowest BCUT2D eigenvalue weighted by Crippen LogP contribution is -2.23. The molecule has 3 aromatic carbocycles. The summed E-state index contributed by atoms with van der Waals surface area (Å²) in [5, 5.41) is 19.0. The maximum absolute atomic E-state index is 9.59. The van der Waals surface area contributed by atoms with E-state index in [1.165, 1.54) is 11.1 Å². The molecule has 0 aliphatic rings. The number of phenols is 2. The van der Waals surface area contributed by atoms with Crippen LogP contribution < -0.4 is 0 Å². The largest absolute Gasteiger partial charge is 0.508 e. The van der Waals surface area contributed by atoms with Gasteiger partial charge in [-0.3, -0.25) is 0 Å². The van der Waals surface area contributed by atoms with E-state index in [0.29, 0.717) is 5.75 Å². The quantitative estimate of drug-likeness (QED) is 0.613. The summed E-state index contributed by atoms with van der Waals surface area (Å²) >= 11 is 0. The molecule has 3 aromatic rings. The molecule has 2 nitrogen and oxygen atoms in total. The smallest absolute Gasteiger partial charge is 0.115 e. The third-order valence-electron chi connectivity index (χ3n) is 4.98. The van der Waals surface area contributed by atoms with Gasteiger partial charge in [-0.05, 0) is 52.9 Å². The molecule has 0 heterocycles. The average molecular weight is 332 g/mol. The van der Waals surface area contributed by atoms with Gasteiger partial charge in [-0.2, -0.15) is 0 Å². The summed E-state index contributed by atoms with van der Waals surface area (Å²) in [6.45, 7) is 4.46. The van der Waals surface area contributed by atoms with Gasteiger partial charge in [0.05, 0.1) is 0 Å². The van der Waals surface area contributed by atoms with Gasteiger partial charge in [0.2, 0.25) is 0 Å². The number of aromatic hydroxyl groups is 2. The maximum Gasteiger partial charge on any atom is 0.115 e. The van der Waals surface area contributed by atoms with Crippen LogP contribution in [0.15, 0.2) is 72.8 Å². The standard InChI is InChI=1S/C23H24O2/c1-3-16-23(2,20-10-14-22(25)15-11-20)19-8-4-17(5-9-19)18-6-12-21(24)13-7-18/h4-15,24-25H,3,16H2,1-2H3. The highest BCUT2D eigenvalue weighted by atomic mass is 16.3. The van der Waals surface area contributed by atoms with Gasteiger partial charge in [0.25, 0.3) is 0 Å². The molecule has 1 unspecified atom stereocenters. The van der Waals surface area contributed by atoms with Crippen LogP contribution in [0.2, 0.25) is 0 Å². The molecule has 0 saturated heterocycles. The second-order valence-electron chi connectivity index (χ2n) is 6.75. The Morgan fingerprint density at radius 2 is 1.00 bits per heavy atom. The second kappa shape index (κ2) is 7.02. The Balaban J connectivity index is 1.97. The van der Waals surface area contributed by atoms with Gasteiger partial charge < -0.3 is 10.2 Å². The zero-order valence-corrected chi connectivity index (χ0v) is 14.7. The van der Waals surface area contributed by atoms with E-state index in [0.717, 1.165) is 24.0 Å². The van der Waals surface area contributed by atoms with Crippen molar-refractivity contribution in [1.82, 2.24) is 0 Å². The van der Waals surface area contributed by atoms with E-state index in [1.807, 2.05) is 24.3 Å². The molecule has 0 radical (unpaired) electrons. The maximum atomic E-state index is 9.59. The van der Waals surface area contributed by atoms with Crippen LogP contribution in [0, 0.1) is 0 Å². The van der Waals surface area contributed by atoms with Gasteiger partial charge >= 0.3 is 0 Å². The first kappa shape index (κ1) is 17.1. The number of hydrogen-bond acceptors (Lipinski definition) is 2. The van der Waals surface area contributed by atoms with Crippen molar-refractivity contribution in [3.8, 4) is 22.6 Å². The van der Waals surface area contributed by atoms with Crippen LogP contribution >= 0.6 is 0 Å². The Labute approximate surface area is 149 Å². The number of rotatable bonds is 5. The molecule has 0 fully saturated rings. The molecule has 0 amide bonds. The normalized spacial score (nSPS) is 13.4. The van der Waals surface area contributed by atoms with E-state index >= 15 is 0 Å². The molecule has 0 aliphatic carbocycles. The van der Waals surface area contributed by atoms with Gasteiger partial charge in [0.1, 0.15) is 11.5 Å². The van der Waals surface area contributed by atoms with Gasteiger partial charge in [0, 0.05) is 5.41 Å². The van der Waals surface area contributed by atoms with Crippen LogP contribution in [-0.2, 0) is 5.41 Å². The fourth-order valence-corrected chi connectivity index (χ4v) is 3.47. The zero-order chi connectivity index (χ0) is 17.9. The van der Waals surface area contributed by atoms with Crippen molar-refractivity contribution in [1.29, 1.82) is 0 Å². The molecule has 3 rings (SSSR count). The minimum absolute atomic E-state index is 0.0874. The summed E-state index contributed by atoms with van der Waals surface area (Å²) in [6, 6.07) is 23.5. The lowest BCUT2D eigenvalue weighted by atomic mass is 9.73. The van der Waals surface area contributed by atoms with Crippen LogP contribution in [0.25, 0.3) is 11.1 Å². The van der Waals surface area contributed by atoms with Crippen LogP contribution in [0.4, 0.5) is 0 Å². The van der Waals surface area contributed by atoms with Crippen molar-refractivity contribution in [3.05, 3.63) is 83.9 Å². The predicted octanol–water partition coefficient (Wildman–Crippen LogP) is 5.87. The van der Waals surface area contributed by atoms with Crippen LogP contribution in [0.5, 0.6) is 11.5 Å². The van der Waals surface area contributed by atoms with Gasteiger partial charge in [0.15, 0.2) is 0 Å². The van der Waals surface area contributed by atoms with E-state index in [9.17, 15) is 10.2 Å². The Kier molecular flexibility index (Phi) is 4.80. The predicted molar refractivity (Wildman–Crippen MR) is 103 cm³/mol. The molecule has 0 bridgehead atoms. The molecular weight excluding hydrogens is 308 g/mol. The Morgan fingerprint density at radius 3 is 1.44 bits per heavy atom. The van der Waals surface area contributed by atoms with Crippen LogP contribution in [0.1, 0.15) is 37.8 Å². The Bertz CT molecular complexity index is 817. The molecule has 0 saturated carbocycles. The lowest BCUT2D eigenvalue weighted by Gasteiger charge is -2.31. The van der Waals surface area contributed by atoms with Crippen molar-refractivity contribution < 1.29 is 10.2 Å². The fraction of sp³-hybridized carbons (Fsp3) is 0.217. The number of benzene rings is 3. The minimum atomic E-state index is -0.0874. The molecule has 0 aromatic heterocycles. The second-order valence-corrected chi connectivity index (χ2v) is 6.75. The van der Waals surface area contributed by atoms with Gasteiger partial charge in [-0.15, -0.1) is 0 Å². The summed E-state index contributed by atoms with van der Waals surface area (Å²) in [4.78, 5) is 0. The van der Waals surface area contributed by atoms with Crippen LogP contribution in [0.3, 0.4) is 0 Å². The average Bonchev–Trinajstić information content (AvgIpc) is 2.63. The van der Waals surface area contributed by atoms with E-state index < -0.39 is 0 Å². The molecular formula is C23H24O2. The first-order valence-corrected chi connectivity index (χ1v) is 8.72. The van der Waals surface area contributed by atoms with E-state index in [1.54, 1.807) is 24.3 Å². The molecule has 2 heteroatoms. The summed E-state index contributed by atoms with van der Waals surface area (Å²) in [7, 11) is 0. The molecule has 128 valence electrons. The van der Waals surface area contributed by atoms with Gasteiger partial charge in [-0.25, -0.2) is 0 Å². The van der Waals surface area contributed by atoms with Crippen molar-refractivity contribution in [2.75, 3.05) is 0 Å². The fourth-order valence-electron chi connectivity index (χ4n) is 3.47. The van der Waals surface area contributed by atoms with Crippen molar-refractivity contribution in [2.24, 2.45) is 0 Å². The summed E-state index contributed by atoms with van der Waals surface area (Å²) in [6.07, 6.45) is 2.12. The van der Waals surface area contributed by atoms with Crippen LogP contribution in [-0.4, -0.2) is 10.2 Å². The van der Waals surface area contributed by atoms with Crippen molar-refractivity contribution in [3.63, 3.8) is 0 Å². The number of phenolic OH excluding ortho intramolecular Hbond substituents is 2. The molecule has 1 atom stereocenters. The molecule has 0 aliphatic heterocycles.